The van der Waals surface area contributed by atoms with Gasteiger partial charge in [0, 0.05) is 11.2 Å². The lowest BCUT2D eigenvalue weighted by Gasteiger charge is -2.12. The molecule has 0 spiro atoms. The monoisotopic (exact) mass is 362 g/mol. The van der Waals surface area contributed by atoms with Gasteiger partial charge in [-0.05, 0) is 42.8 Å². The third-order valence-corrected chi connectivity index (χ3v) is 4.42. The highest BCUT2D eigenvalue weighted by Gasteiger charge is 2.16. The molecular formula is C19H11ClN4O2. The summed E-state index contributed by atoms with van der Waals surface area (Å²) in [5.74, 6) is 0. The standard InChI is InChI=1S/C19H11ClN4O2/c1-11-4-3-7-23-16(11)22-17-15(19(23)26)8-12(10-21)18(25)24(17)14-6-2-5-13(20)9-14/h2-9H,1H3. The van der Waals surface area contributed by atoms with Crippen LogP contribution in [0.5, 0.6) is 0 Å². The molecule has 0 bridgehead atoms. The van der Waals surface area contributed by atoms with Crippen molar-refractivity contribution >= 4 is 28.3 Å². The van der Waals surface area contributed by atoms with Crippen molar-refractivity contribution in [2.24, 2.45) is 0 Å². The van der Waals surface area contributed by atoms with Crippen LogP contribution < -0.4 is 11.1 Å². The smallest absolute Gasteiger partial charge is 0.268 e. The Bertz CT molecular complexity index is 1360. The van der Waals surface area contributed by atoms with Gasteiger partial charge < -0.3 is 0 Å². The molecule has 0 aliphatic heterocycles. The number of nitrogens with zero attached hydrogens (tertiary/aromatic N) is 4. The second-order valence-corrected chi connectivity index (χ2v) is 6.27. The molecule has 0 amide bonds. The summed E-state index contributed by atoms with van der Waals surface area (Å²) in [5.41, 5.74) is 0.841. The van der Waals surface area contributed by atoms with Crippen LogP contribution in [0.2, 0.25) is 5.02 Å². The van der Waals surface area contributed by atoms with E-state index in [0.717, 1.165) is 5.56 Å². The van der Waals surface area contributed by atoms with E-state index in [-0.39, 0.29) is 22.2 Å². The van der Waals surface area contributed by atoms with Gasteiger partial charge in [-0.3, -0.25) is 18.6 Å². The largest absolute Gasteiger partial charge is 0.274 e. The number of aryl methyl sites for hydroxylation is 1. The van der Waals surface area contributed by atoms with Crippen LogP contribution in [-0.4, -0.2) is 14.0 Å². The second kappa shape index (κ2) is 5.83. The molecule has 3 heterocycles. The first-order valence-corrected chi connectivity index (χ1v) is 8.13. The molecule has 6 nitrogen and oxygen atoms in total. The number of rotatable bonds is 1. The Kier molecular flexibility index (Phi) is 3.60. The number of hydrogen-bond acceptors (Lipinski definition) is 4. The number of halogens is 1. The minimum absolute atomic E-state index is 0.135. The number of benzene rings is 1. The van der Waals surface area contributed by atoms with Crippen molar-refractivity contribution in [3.8, 4) is 11.8 Å². The predicted octanol–water partition coefficient (Wildman–Crippen LogP) is 2.83. The maximum atomic E-state index is 12.9. The van der Waals surface area contributed by atoms with Crippen molar-refractivity contribution in [2.75, 3.05) is 0 Å². The van der Waals surface area contributed by atoms with Crippen molar-refractivity contribution < 1.29 is 0 Å². The molecule has 0 saturated carbocycles. The van der Waals surface area contributed by atoms with Gasteiger partial charge in [-0.15, -0.1) is 0 Å². The number of fused-ring (bicyclic) bond motifs is 2. The maximum Gasteiger partial charge on any atom is 0.274 e. The number of hydrogen-bond donors (Lipinski definition) is 0. The van der Waals surface area contributed by atoms with Crippen LogP contribution in [-0.2, 0) is 0 Å². The molecule has 1 aromatic carbocycles. The lowest BCUT2D eigenvalue weighted by atomic mass is 10.2. The van der Waals surface area contributed by atoms with Crippen molar-refractivity contribution in [3.63, 3.8) is 0 Å². The van der Waals surface area contributed by atoms with E-state index in [0.29, 0.717) is 16.4 Å². The maximum absolute atomic E-state index is 12.9. The zero-order valence-corrected chi connectivity index (χ0v) is 14.4. The molecule has 0 radical (unpaired) electrons. The summed E-state index contributed by atoms with van der Waals surface area (Å²) in [6.07, 6.45) is 1.61. The Morgan fingerprint density at radius 2 is 1.88 bits per heavy atom. The summed E-state index contributed by atoms with van der Waals surface area (Å²) in [7, 11) is 0. The van der Waals surface area contributed by atoms with E-state index in [2.05, 4.69) is 4.98 Å². The van der Waals surface area contributed by atoms with E-state index in [1.165, 1.54) is 15.0 Å². The molecule has 0 unspecified atom stereocenters. The molecule has 4 rings (SSSR count). The highest BCUT2D eigenvalue weighted by atomic mass is 35.5. The van der Waals surface area contributed by atoms with E-state index in [4.69, 9.17) is 11.6 Å². The Balaban J connectivity index is 2.30. The fourth-order valence-electron chi connectivity index (χ4n) is 2.95. The van der Waals surface area contributed by atoms with Crippen LogP contribution in [0, 0.1) is 18.3 Å². The Hall–Kier alpha value is -3.43. The summed E-state index contributed by atoms with van der Waals surface area (Å²) in [6, 6.07) is 13.4. The quantitative estimate of drug-likeness (QED) is 0.488. The molecule has 0 N–H and O–H groups in total. The zero-order valence-electron chi connectivity index (χ0n) is 13.6. The fraction of sp³-hybridized carbons (Fsp3) is 0.0526. The molecule has 26 heavy (non-hydrogen) atoms. The lowest BCUT2D eigenvalue weighted by molar-refractivity contribution is 0.979. The molecule has 0 fully saturated rings. The fourth-order valence-corrected chi connectivity index (χ4v) is 3.14. The van der Waals surface area contributed by atoms with Crippen LogP contribution in [0.25, 0.3) is 22.4 Å². The highest BCUT2D eigenvalue weighted by molar-refractivity contribution is 6.30. The first-order valence-electron chi connectivity index (χ1n) is 7.75. The normalized spacial score (nSPS) is 11.0. The topological polar surface area (TPSA) is 80.2 Å². The van der Waals surface area contributed by atoms with Gasteiger partial charge in [0.05, 0.1) is 11.1 Å². The second-order valence-electron chi connectivity index (χ2n) is 5.83. The first kappa shape index (κ1) is 16.1. The zero-order chi connectivity index (χ0) is 18.4. The summed E-state index contributed by atoms with van der Waals surface area (Å²) in [4.78, 5) is 30.3. The van der Waals surface area contributed by atoms with Gasteiger partial charge in [-0.1, -0.05) is 23.7 Å². The molecule has 3 aromatic heterocycles. The van der Waals surface area contributed by atoms with Crippen LogP contribution in [0.1, 0.15) is 11.1 Å². The van der Waals surface area contributed by atoms with Gasteiger partial charge >= 0.3 is 0 Å². The third-order valence-electron chi connectivity index (χ3n) is 4.18. The van der Waals surface area contributed by atoms with Gasteiger partial charge in [0.15, 0.2) is 5.65 Å². The van der Waals surface area contributed by atoms with Gasteiger partial charge in [0.2, 0.25) is 0 Å². The average Bonchev–Trinajstić information content (AvgIpc) is 2.62. The predicted molar refractivity (Wildman–Crippen MR) is 99.0 cm³/mol. The number of pyridine rings is 2. The van der Waals surface area contributed by atoms with Crippen molar-refractivity contribution in [3.05, 3.63) is 85.5 Å². The van der Waals surface area contributed by atoms with Gasteiger partial charge in [-0.2, -0.15) is 5.26 Å². The lowest BCUT2D eigenvalue weighted by Crippen LogP contribution is -2.26. The third kappa shape index (κ3) is 2.30. The van der Waals surface area contributed by atoms with Crippen LogP contribution in [0.15, 0.2) is 58.3 Å². The minimum Gasteiger partial charge on any atom is -0.268 e. The minimum atomic E-state index is -0.549. The van der Waals surface area contributed by atoms with Crippen molar-refractivity contribution in [1.29, 1.82) is 5.26 Å². The van der Waals surface area contributed by atoms with Gasteiger partial charge in [0.25, 0.3) is 11.1 Å². The van der Waals surface area contributed by atoms with Gasteiger partial charge in [-0.25, -0.2) is 4.98 Å². The Labute approximate surface area is 152 Å². The van der Waals surface area contributed by atoms with E-state index in [9.17, 15) is 14.9 Å². The average molecular weight is 363 g/mol. The highest BCUT2D eigenvalue weighted by Crippen LogP contribution is 2.19. The van der Waals surface area contributed by atoms with Crippen molar-refractivity contribution in [1.82, 2.24) is 14.0 Å². The number of nitriles is 1. The van der Waals surface area contributed by atoms with Gasteiger partial charge in [0.1, 0.15) is 17.3 Å². The van der Waals surface area contributed by atoms with E-state index < -0.39 is 5.56 Å². The molecule has 0 aliphatic rings. The van der Waals surface area contributed by atoms with E-state index in [1.54, 1.807) is 36.5 Å². The molecule has 0 aliphatic carbocycles. The summed E-state index contributed by atoms with van der Waals surface area (Å²) in [5, 5.41) is 9.95. The summed E-state index contributed by atoms with van der Waals surface area (Å²) < 4.78 is 2.67. The van der Waals surface area contributed by atoms with E-state index >= 15 is 0 Å². The summed E-state index contributed by atoms with van der Waals surface area (Å²) in [6.45, 7) is 1.83. The molecule has 126 valence electrons. The van der Waals surface area contributed by atoms with E-state index in [1.807, 2.05) is 19.1 Å². The molecular weight excluding hydrogens is 352 g/mol. The Morgan fingerprint density at radius 3 is 2.62 bits per heavy atom. The first-order chi connectivity index (χ1) is 12.5. The number of aromatic nitrogens is 3. The molecule has 7 heteroatoms. The van der Waals surface area contributed by atoms with Crippen LogP contribution in [0.4, 0.5) is 0 Å². The SMILES string of the molecule is Cc1cccn2c(=O)c3cc(C#N)c(=O)n(-c4cccc(Cl)c4)c3nc12. The molecule has 0 saturated heterocycles. The molecule has 0 atom stereocenters. The van der Waals surface area contributed by atoms with Crippen molar-refractivity contribution in [2.45, 2.75) is 6.92 Å². The molecule has 4 aromatic rings. The Morgan fingerprint density at radius 1 is 1.08 bits per heavy atom. The van der Waals surface area contributed by atoms with Crippen LogP contribution >= 0.6 is 11.6 Å². The summed E-state index contributed by atoms with van der Waals surface area (Å²) >= 11 is 6.06. The van der Waals surface area contributed by atoms with Crippen LogP contribution in [0.3, 0.4) is 0 Å².